The summed E-state index contributed by atoms with van der Waals surface area (Å²) in [5.74, 6) is 0.612. The topological polar surface area (TPSA) is 33.3 Å². The summed E-state index contributed by atoms with van der Waals surface area (Å²) in [6.07, 6.45) is -4.50. The van der Waals surface area contributed by atoms with E-state index in [0.717, 1.165) is 11.6 Å². The molecule has 0 heterocycles. The maximum Gasteiger partial charge on any atom is 0.417 e. The normalized spacial score (nSPS) is 11.1. The van der Waals surface area contributed by atoms with Crippen molar-refractivity contribution >= 4 is 34.6 Å². The van der Waals surface area contributed by atoms with E-state index in [4.69, 9.17) is 28.6 Å². The highest BCUT2D eigenvalue weighted by atomic mass is 35.5. The quantitative estimate of drug-likeness (QED) is 0.708. The highest BCUT2D eigenvalue weighted by Crippen LogP contribution is 2.35. The first-order chi connectivity index (χ1) is 11.7. The van der Waals surface area contributed by atoms with E-state index in [2.05, 4.69) is 10.6 Å². The van der Waals surface area contributed by atoms with Gasteiger partial charge in [0.25, 0.3) is 0 Å². The molecule has 134 valence electrons. The Morgan fingerprint density at radius 2 is 1.92 bits per heavy atom. The Labute approximate surface area is 154 Å². The number of hydrogen-bond acceptors (Lipinski definition) is 2. The zero-order chi connectivity index (χ0) is 18.6. The van der Waals surface area contributed by atoms with Crippen LogP contribution in [0.3, 0.4) is 0 Å². The molecular formula is C17H16ClF3N2OS. The van der Waals surface area contributed by atoms with E-state index in [0.29, 0.717) is 17.0 Å². The van der Waals surface area contributed by atoms with Crippen molar-refractivity contribution in [2.45, 2.75) is 19.6 Å². The predicted molar refractivity (Wildman–Crippen MR) is 97.2 cm³/mol. The van der Waals surface area contributed by atoms with E-state index in [9.17, 15) is 13.2 Å². The van der Waals surface area contributed by atoms with E-state index in [1.165, 1.54) is 12.1 Å². The first kappa shape index (κ1) is 19.3. The molecule has 2 N–H and O–H groups in total. The van der Waals surface area contributed by atoms with Crippen LogP contribution in [0.25, 0.3) is 0 Å². The van der Waals surface area contributed by atoms with Gasteiger partial charge in [-0.25, -0.2) is 0 Å². The number of halogens is 4. The molecule has 0 aliphatic heterocycles. The van der Waals surface area contributed by atoms with Crippen molar-refractivity contribution < 1.29 is 17.9 Å². The molecule has 2 rings (SSSR count). The summed E-state index contributed by atoms with van der Waals surface area (Å²) in [6, 6.07) is 9.30. The van der Waals surface area contributed by atoms with Crippen molar-refractivity contribution in [1.82, 2.24) is 5.32 Å². The van der Waals surface area contributed by atoms with Gasteiger partial charge in [-0.1, -0.05) is 23.7 Å². The van der Waals surface area contributed by atoms with Gasteiger partial charge < -0.3 is 15.4 Å². The highest BCUT2D eigenvalue weighted by molar-refractivity contribution is 7.80. The van der Waals surface area contributed by atoms with Gasteiger partial charge in [0.1, 0.15) is 5.75 Å². The maximum absolute atomic E-state index is 12.9. The second-order valence-corrected chi connectivity index (χ2v) is 6.14. The van der Waals surface area contributed by atoms with Crippen molar-refractivity contribution in [3.8, 4) is 5.75 Å². The summed E-state index contributed by atoms with van der Waals surface area (Å²) in [6.45, 7) is 2.05. The van der Waals surface area contributed by atoms with Gasteiger partial charge in [0.15, 0.2) is 5.11 Å². The van der Waals surface area contributed by atoms with E-state index < -0.39 is 11.7 Å². The standard InChI is InChI=1S/C17H16ClF3N2OS/c1-10-3-6-15(24-2)14(7-10)23-16(25)22-9-11-4-5-13(18)12(8-11)17(19,20)21/h3-8H,9H2,1-2H3,(H2,22,23,25). The van der Waals surface area contributed by atoms with Gasteiger partial charge >= 0.3 is 6.18 Å². The molecular weight excluding hydrogens is 373 g/mol. The number of nitrogens with one attached hydrogen (secondary N) is 2. The molecule has 0 amide bonds. The first-order valence-electron chi connectivity index (χ1n) is 7.26. The van der Waals surface area contributed by atoms with Crippen LogP contribution in [0.5, 0.6) is 5.75 Å². The Kier molecular flexibility index (Phi) is 6.13. The summed E-state index contributed by atoms with van der Waals surface area (Å²) < 4.78 is 43.9. The number of aryl methyl sites for hydroxylation is 1. The Bertz CT molecular complexity index is 781. The van der Waals surface area contributed by atoms with Crippen molar-refractivity contribution in [2.24, 2.45) is 0 Å². The van der Waals surface area contributed by atoms with Crippen LogP contribution in [0.1, 0.15) is 16.7 Å². The van der Waals surface area contributed by atoms with E-state index >= 15 is 0 Å². The fourth-order valence-electron chi connectivity index (χ4n) is 2.17. The Morgan fingerprint density at radius 1 is 1.20 bits per heavy atom. The largest absolute Gasteiger partial charge is 0.495 e. The summed E-state index contributed by atoms with van der Waals surface area (Å²) in [5, 5.41) is 5.79. The lowest BCUT2D eigenvalue weighted by molar-refractivity contribution is -0.137. The van der Waals surface area contributed by atoms with Crippen molar-refractivity contribution in [3.63, 3.8) is 0 Å². The van der Waals surface area contributed by atoms with Crippen LogP contribution in [0.2, 0.25) is 5.02 Å². The van der Waals surface area contributed by atoms with Gasteiger partial charge in [-0.3, -0.25) is 0 Å². The maximum atomic E-state index is 12.9. The second-order valence-electron chi connectivity index (χ2n) is 5.32. The summed E-state index contributed by atoms with van der Waals surface area (Å²) in [7, 11) is 1.54. The fraction of sp³-hybridized carbons (Fsp3) is 0.235. The van der Waals surface area contributed by atoms with Crippen LogP contribution in [-0.4, -0.2) is 12.2 Å². The van der Waals surface area contributed by atoms with Gasteiger partial charge in [-0.05, 0) is 54.5 Å². The summed E-state index contributed by atoms with van der Waals surface area (Å²) >= 11 is 10.8. The zero-order valence-corrected chi connectivity index (χ0v) is 15.1. The molecule has 8 heteroatoms. The molecule has 0 saturated carbocycles. The third-order valence-corrected chi connectivity index (χ3v) is 3.97. The predicted octanol–water partition coefficient (Wildman–Crippen LogP) is 5.16. The molecule has 3 nitrogen and oxygen atoms in total. The molecule has 0 radical (unpaired) electrons. The number of benzene rings is 2. The number of rotatable bonds is 4. The minimum Gasteiger partial charge on any atom is -0.495 e. The van der Waals surface area contributed by atoms with Gasteiger partial charge in [-0.2, -0.15) is 13.2 Å². The number of anilines is 1. The number of hydrogen-bond donors (Lipinski definition) is 2. The van der Waals surface area contributed by atoms with Gasteiger partial charge in [0.2, 0.25) is 0 Å². The Morgan fingerprint density at radius 3 is 2.56 bits per heavy atom. The van der Waals surface area contributed by atoms with Crippen molar-refractivity contribution in [3.05, 3.63) is 58.1 Å². The van der Waals surface area contributed by atoms with Crippen LogP contribution in [0.15, 0.2) is 36.4 Å². The number of ether oxygens (including phenoxy) is 1. The molecule has 0 atom stereocenters. The van der Waals surface area contributed by atoms with Gasteiger partial charge in [0.05, 0.1) is 23.4 Å². The molecule has 0 aromatic heterocycles. The molecule has 0 spiro atoms. The number of methoxy groups -OCH3 is 1. The van der Waals surface area contributed by atoms with Crippen LogP contribution in [-0.2, 0) is 12.7 Å². The van der Waals surface area contributed by atoms with Crippen LogP contribution in [0, 0.1) is 6.92 Å². The minimum atomic E-state index is -4.50. The smallest absolute Gasteiger partial charge is 0.417 e. The average Bonchev–Trinajstić information content (AvgIpc) is 2.53. The van der Waals surface area contributed by atoms with Gasteiger partial charge in [-0.15, -0.1) is 0 Å². The van der Waals surface area contributed by atoms with Crippen LogP contribution in [0.4, 0.5) is 18.9 Å². The molecule has 2 aromatic rings. The highest BCUT2D eigenvalue weighted by Gasteiger charge is 2.33. The molecule has 0 aliphatic carbocycles. The number of thiocarbonyl (C=S) groups is 1. The number of alkyl halides is 3. The monoisotopic (exact) mass is 388 g/mol. The molecule has 0 saturated heterocycles. The molecule has 0 unspecified atom stereocenters. The zero-order valence-electron chi connectivity index (χ0n) is 13.5. The van der Waals surface area contributed by atoms with Crippen molar-refractivity contribution in [2.75, 3.05) is 12.4 Å². The van der Waals surface area contributed by atoms with Crippen molar-refractivity contribution in [1.29, 1.82) is 0 Å². The minimum absolute atomic E-state index is 0.125. The molecule has 0 bridgehead atoms. The van der Waals surface area contributed by atoms with Crippen LogP contribution >= 0.6 is 23.8 Å². The summed E-state index contributed by atoms with van der Waals surface area (Å²) in [4.78, 5) is 0. The summed E-state index contributed by atoms with van der Waals surface area (Å²) in [5.41, 5.74) is 1.23. The molecule has 2 aromatic carbocycles. The fourth-order valence-corrected chi connectivity index (χ4v) is 2.57. The van der Waals surface area contributed by atoms with Gasteiger partial charge in [0, 0.05) is 6.54 Å². The lowest BCUT2D eigenvalue weighted by Crippen LogP contribution is -2.28. The third-order valence-electron chi connectivity index (χ3n) is 3.39. The molecule has 0 aliphatic rings. The van der Waals surface area contributed by atoms with Crippen LogP contribution < -0.4 is 15.4 Å². The Hall–Kier alpha value is -1.99. The SMILES string of the molecule is COc1ccc(C)cc1NC(=S)NCc1ccc(Cl)c(C(F)(F)F)c1. The first-order valence-corrected chi connectivity index (χ1v) is 8.04. The molecule has 0 fully saturated rings. The average molecular weight is 389 g/mol. The lowest BCUT2D eigenvalue weighted by atomic mass is 10.1. The molecule has 25 heavy (non-hydrogen) atoms. The van der Waals surface area contributed by atoms with E-state index in [-0.39, 0.29) is 16.7 Å². The third kappa shape index (κ3) is 5.24. The second kappa shape index (κ2) is 7.93. The lowest BCUT2D eigenvalue weighted by Gasteiger charge is -2.15. The van der Waals surface area contributed by atoms with E-state index in [1.54, 1.807) is 13.2 Å². The van der Waals surface area contributed by atoms with E-state index in [1.807, 2.05) is 19.1 Å². The Balaban J connectivity index is 2.05.